The number of imide groups is 2. The van der Waals surface area contributed by atoms with Gasteiger partial charge in [-0.05, 0) is 102 Å². The number of piperidine rings is 1. The van der Waals surface area contributed by atoms with Gasteiger partial charge in [-0.2, -0.15) is 0 Å². The summed E-state index contributed by atoms with van der Waals surface area (Å²) < 4.78 is 39.7. The highest BCUT2D eigenvalue weighted by atomic mass is 32.2. The largest absolute Gasteiger partial charge is 0.612 e. The molecule has 2 unspecified atom stereocenters. The molecule has 2 fully saturated rings. The lowest BCUT2D eigenvalue weighted by molar-refractivity contribution is -0.136. The molecule has 0 saturated carbocycles. The highest BCUT2D eigenvalue weighted by Crippen LogP contribution is 2.30. The van der Waals surface area contributed by atoms with Crippen LogP contribution in [0, 0.1) is 5.41 Å². The van der Waals surface area contributed by atoms with Crippen molar-refractivity contribution in [3.8, 4) is 0 Å². The van der Waals surface area contributed by atoms with E-state index in [-0.39, 0.29) is 35.8 Å². The molecule has 3 heterocycles. The molecule has 4 N–H and O–H groups in total. The van der Waals surface area contributed by atoms with Gasteiger partial charge in [0.1, 0.15) is 12.3 Å². The number of nitrogens with one attached hydrogen (secondary N) is 4. The zero-order valence-corrected chi connectivity index (χ0v) is 40.1. The summed E-state index contributed by atoms with van der Waals surface area (Å²) in [5.74, 6) is -2.05. The van der Waals surface area contributed by atoms with Crippen molar-refractivity contribution in [2.75, 3.05) is 121 Å². The maximum Gasteiger partial charge on any atom is 0.262 e. The van der Waals surface area contributed by atoms with Crippen LogP contribution in [0.15, 0.2) is 94.8 Å². The number of ether oxygens (including phenoxy) is 5. The van der Waals surface area contributed by atoms with E-state index >= 15 is 0 Å². The molecule has 20 heteroatoms. The SMILES string of the molecule is C[S+]([O-])c1ccc(C2=CC=C/C(=N/C(=N)Nc3ccc(N4CCN(C(=O)CCOCCOCCOCCOCCOCCNc5ccc6c(c5)C(=O)N(C5CCC(=O)NC5=O)C6=O)CC4)cc3)C2)cc1. The van der Waals surface area contributed by atoms with E-state index < -0.39 is 40.8 Å². The maximum absolute atomic E-state index is 13.0. The van der Waals surface area contributed by atoms with Crippen molar-refractivity contribution in [3.63, 3.8) is 0 Å². The molecule has 3 aromatic carbocycles. The van der Waals surface area contributed by atoms with Gasteiger partial charge in [0.25, 0.3) is 11.8 Å². The summed E-state index contributed by atoms with van der Waals surface area (Å²) in [6.45, 7) is 7.04. The summed E-state index contributed by atoms with van der Waals surface area (Å²) in [6.07, 6.45) is 8.59. The van der Waals surface area contributed by atoms with Gasteiger partial charge in [-0.15, -0.1) is 0 Å². The Bertz CT molecular complexity index is 2420. The maximum atomic E-state index is 13.0. The van der Waals surface area contributed by atoms with E-state index in [4.69, 9.17) is 29.1 Å². The van der Waals surface area contributed by atoms with Crippen LogP contribution < -0.4 is 20.9 Å². The summed E-state index contributed by atoms with van der Waals surface area (Å²) in [5.41, 5.74) is 5.76. The minimum Gasteiger partial charge on any atom is -0.612 e. The van der Waals surface area contributed by atoms with Gasteiger partial charge < -0.3 is 48.7 Å². The van der Waals surface area contributed by atoms with E-state index in [2.05, 4.69) is 25.8 Å². The molecule has 7 rings (SSSR count). The Kier molecular flexibility index (Phi) is 19.2. The second kappa shape index (κ2) is 26.1. The van der Waals surface area contributed by atoms with Crippen LogP contribution in [0.1, 0.15) is 52.0 Å². The molecule has 5 amide bonds. The van der Waals surface area contributed by atoms with E-state index in [9.17, 15) is 28.5 Å². The van der Waals surface area contributed by atoms with Crippen LogP contribution >= 0.6 is 0 Å². The Hall–Kier alpha value is -6.26. The van der Waals surface area contributed by atoms with Crippen LogP contribution in [0.2, 0.25) is 0 Å². The van der Waals surface area contributed by atoms with E-state index in [1.165, 1.54) is 0 Å². The zero-order chi connectivity index (χ0) is 49.2. The van der Waals surface area contributed by atoms with Gasteiger partial charge in [0.15, 0.2) is 4.90 Å². The number of nitrogens with zero attached hydrogens (tertiary/aromatic N) is 4. The summed E-state index contributed by atoms with van der Waals surface area (Å²) in [5, 5.41) is 16.9. The number of hydrogen-bond acceptors (Lipinski definition) is 14. The molecule has 0 bridgehead atoms. The van der Waals surface area contributed by atoms with E-state index in [0.717, 1.165) is 38.0 Å². The number of carbonyl (C=O) groups excluding carboxylic acids is 5. The lowest BCUT2D eigenvalue weighted by Crippen LogP contribution is -2.54. The van der Waals surface area contributed by atoms with Gasteiger partial charge in [-0.3, -0.25) is 39.6 Å². The standard InChI is InChI=1S/C50H60N8O11S/c1-70(64)41-12-5-35(6-13-41)36-3-2-4-39(33-36)54-50(51)53-37-7-10-40(11-8-37)56-19-21-57(22-20-56)46(60)17-23-65-25-27-67-29-31-69-32-30-68-28-26-66-24-18-52-38-9-14-42-43(34-38)49(63)58(48(42)62)44-15-16-45(59)55-47(44)61/h2-14,34,44,52H,15-33H2,1H3,(H2,51,53)(H,55,59,61)/b54-39-. The predicted octanol–water partition coefficient (Wildman–Crippen LogP) is 3.89. The van der Waals surface area contributed by atoms with Crippen LogP contribution in [0.5, 0.6) is 0 Å². The second-order valence-corrected chi connectivity index (χ2v) is 18.0. The molecular formula is C50H60N8O11S. The fraction of sp³-hybridized carbons (Fsp3) is 0.420. The molecule has 4 aliphatic rings. The van der Waals surface area contributed by atoms with Gasteiger partial charge in [-0.1, -0.05) is 12.2 Å². The summed E-state index contributed by atoms with van der Waals surface area (Å²) >= 11 is -1.03. The third kappa shape index (κ3) is 14.6. The number of guanidine groups is 1. The molecule has 0 aromatic heterocycles. The third-order valence-corrected chi connectivity index (χ3v) is 12.8. The fourth-order valence-corrected chi connectivity index (χ4v) is 8.67. The predicted molar refractivity (Wildman–Crippen MR) is 265 cm³/mol. The third-order valence-electron chi connectivity index (χ3n) is 11.9. The number of rotatable bonds is 24. The molecule has 3 aliphatic heterocycles. The molecule has 3 aromatic rings. The number of anilines is 3. The first kappa shape index (κ1) is 51.6. The normalized spacial score (nSPS) is 18.0. The number of fused-ring (bicyclic) bond motifs is 1. The average Bonchev–Trinajstić information content (AvgIpc) is 3.61. The minimum atomic E-state index is -1.03. The van der Waals surface area contributed by atoms with Crippen LogP contribution in [0.3, 0.4) is 0 Å². The highest BCUT2D eigenvalue weighted by Gasteiger charge is 2.44. The minimum absolute atomic E-state index is 0.0471. The van der Waals surface area contributed by atoms with E-state index in [1.54, 1.807) is 24.5 Å². The van der Waals surface area contributed by atoms with Crippen LogP contribution in [0.4, 0.5) is 17.1 Å². The van der Waals surface area contributed by atoms with E-state index in [1.807, 2.05) is 71.7 Å². The number of hydrogen-bond donors (Lipinski definition) is 4. The first-order valence-corrected chi connectivity index (χ1v) is 24.9. The van der Waals surface area contributed by atoms with Crippen molar-refractivity contribution in [1.29, 1.82) is 5.41 Å². The Balaban J connectivity index is 0.647. The van der Waals surface area contributed by atoms with Gasteiger partial charge in [0.2, 0.25) is 23.7 Å². The molecule has 372 valence electrons. The number of piperazine rings is 1. The molecule has 2 saturated heterocycles. The van der Waals surface area contributed by atoms with Gasteiger partial charge in [0.05, 0.1) is 83.6 Å². The topological polar surface area (TPSA) is 237 Å². The second-order valence-electron chi connectivity index (χ2n) is 16.6. The van der Waals surface area contributed by atoms with Gasteiger partial charge in [-0.25, -0.2) is 4.99 Å². The number of aliphatic imine (C=N–C) groups is 1. The molecule has 19 nitrogen and oxygen atoms in total. The summed E-state index contributed by atoms with van der Waals surface area (Å²) in [4.78, 5) is 72.8. The van der Waals surface area contributed by atoms with Crippen LogP contribution in [-0.4, -0.2) is 167 Å². The average molecular weight is 981 g/mol. The summed E-state index contributed by atoms with van der Waals surface area (Å²) in [6, 6.07) is 19.4. The summed E-state index contributed by atoms with van der Waals surface area (Å²) in [7, 11) is 0. The first-order valence-electron chi connectivity index (χ1n) is 23.4. The van der Waals surface area contributed by atoms with Gasteiger partial charge in [0, 0.05) is 68.3 Å². The zero-order valence-electron chi connectivity index (χ0n) is 39.3. The Morgan fingerprint density at radius 3 is 2.04 bits per heavy atom. The van der Waals surface area contributed by atoms with Crippen LogP contribution in [-0.2, 0) is 49.2 Å². The highest BCUT2D eigenvalue weighted by molar-refractivity contribution is 7.90. The Morgan fingerprint density at radius 2 is 1.40 bits per heavy atom. The Morgan fingerprint density at radius 1 is 0.786 bits per heavy atom. The molecule has 0 spiro atoms. The fourth-order valence-electron chi connectivity index (χ4n) is 8.15. The van der Waals surface area contributed by atoms with Crippen molar-refractivity contribution in [1.82, 2.24) is 15.1 Å². The van der Waals surface area contributed by atoms with Crippen LogP contribution in [0.25, 0.3) is 5.57 Å². The number of benzene rings is 3. The number of carbonyl (C=O) groups is 5. The molecule has 0 radical (unpaired) electrons. The first-order chi connectivity index (χ1) is 34.0. The molecule has 2 atom stereocenters. The lowest BCUT2D eigenvalue weighted by Gasteiger charge is -2.36. The quantitative estimate of drug-likeness (QED) is 0.0328. The monoisotopic (exact) mass is 980 g/mol. The molecular weight excluding hydrogens is 921 g/mol. The van der Waals surface area contributed by atoms with Crippen molar-refractivity contribution in [2.24, 2.45) is 4.99 Å². The smallest absolute Gasteiger partial charge is 0.262 e. The van der Waals surface area contributed by atoms with Crippen molar-refractivity contribution < 1.29 is 52.2 Å². The molecule has 70 heavy (non-hydrogen) atoms. The molecule has 1 aliphatic carbocycles. The van der Waals surface area contributed by atoms with Crippen molar-refractivity contribution >= 4 is 75.0 Å². The number of amides is 5. The Labute approximate surface area is 410 Å². The lowest BCUT2D eigenvalue weighted by atomic mass is 9.96. The van der Waals surface area contributed by atoms with Gasteiger partial charge >= 0.3 is 0 Å². The van der Waals surface area contributed by atoms with Crippen molar-refractivity contribution in [3.05, 3.63) is 102 Å². The van der Waals surface area contributed by atoms with Crippen molar-refractivity contribution in [2.45, 2.75) is 36.6 Å². The number of allylic oxidation sites excluding steroid dienone is 4. The van der Waals surface area contributed by atoms with E-state index in [0.29, 0.717) is 117 Å².